The largest absolute Gasteiger partial charge is 0.432 e. The Labute approximate surface area is 566 Å². The minimum Gasteiger partial charge on any atom is -0.432 e. The second-order valence-electron chi connectivity index (χ2n) is 29.2. The first kappa shape index (κ1) is 77.9. The highest BCUT2D eigenvalue weighted by Crippen LogP contribution is 2.74. The van der Waals surface area contributed by atoms with Gasteiger partial charge >= 0.3 is 5.97 Å². The van der Waals surface area contributed by atoms with Gasteiger partial charge in [0.05, 0.1) is 56.8 Å². The number of esters is 1. The smallest absolute Gasteiger partial charge is 0.314 e. The summed E-state index contributed by atoms with van der Waals surface area (Å²) in [5.41, 5.74) is -3.42. The van der Waals surface area contributed by atoms with E-state index in [1.54, 1.807) is 6.92 Å². The van der Waals surface area contributed by atoms with Crippen LogP contribution in [0.15, 0.2) is 12.2 Å². The summed E-state index contributed by atoms with van der Waals surface area (Å²) in [6, 6.07) is 0. The molecule has 99 heavy (non-hydrogen) atoms. The van der Waals surface area contributed by atoms with E-state index in [0.717, 1.165) is 0 Å². The fourth-order valence-corrected chi connectivity index (χ4v) is 17.9. The molecule has 22 N–H and O–H groups in total. The molecule has 1 spiro atoms. The molecule has 0 aromatic carbocycles. The maximum absolute atomic E-state index is 15.7. The molecule has 0 radical (unpaired) electrons. The van der Waals surface area contributed by atoms with Crippen LogP contribution >= 0.6 is 0 Å². The number of fused-ring (bicyclic) bond motifs is 3. The summed E-state index contributed by atoms with van der Waals surface area (Å²) in [4.78, 5) is 15.7. The molecule has 37 nitrogen and oxygen atoms in total. The molecule has 7 aliphatic heterocycles. The van der Waals surface area contributed by atoms with Gasteiger partial charge in [0.1, 0.15) is 159 Å². The molecule has 11 aliphatic rings. The van der Waals surface area contributed by atoms with Gasteiger partial charge < -0.3 is 179 Å². The van der Waals surface area contributed by atoms with Crippen molar-refractivity contribution in [3.8, 4) is 0 Å². The van der Waals surface area contributed by atoms with Gasteiger partial charge in [0, 0.05) is 0 Å². The zero-order chi connectivity index (χ0) is 72.0. The molecule has 0 amide bonds. The van der Waals surface area contributed by atoms with Crippen molar-refractivity contribution in [2.45, 2.75) is 299 Å². The van der Waals surface area contributed by atoms with E-state index in [-0.39, 0.29) is 25.2 Å². The Morgan fingerprint density at radius 1 is 0.404 bits per heavy atom. The second-order valence-corrected chi connectivity index (χ2v) is 29.2. The van der Waals surface area contributed by atoms with E-state index in [2.05, 4.69) is 13.5 Å². The van der Waals surface area contributed by atoms with Crippen molar-refractivity contribution in [2.75, 3.05) is 39.6 Å². The number of rotatable bonds is 20. The first-order chi connectivity index (χ1) is 46.8. The minimum atomic E-state index is -2.15. The molecule has 35 unspecified atom stereocenters. The number of hydrogen-bond donors (Lipinski definition) is 22. The van der Waals surface area contributed by atoms with E-state index in [0.29, 0.717) is 44.1 Å². The Bertz CT molecular complexity index is 2700. The van der Waals surface area contributed by atoms with Crippen molar-refractivity contribution in [1.29, 1.82) is 0 Å². The average Bonchev–Trinajstić information content (AvgIpc) is 1.58. The molecule has 11 rings (SSSR count). The van der Waals surface area contributed by atoms with Gasteiger partial charge in [-0.15, -0.1) is 0 Å². The zero-order valence-electron chi connectivity index (χ0n) is 54.6. The monoisotopic (exact) mass is 1440 g/mol. The number of carbonyl (C=O) groups is 1. The normalized spacial score (nSPS) is 54.9. The third-order valence-corrected chi connectivity index (χ3v) is 23.4. The van der Waals surface area contributed by atoms with Gasteiger partial charge in [-0.2, -0.15) is 0 Å². The first-order valence-electron chi connectivity index (χ1n) is 33.8. The van der Waals surface area contributed by atoms with E-state index in [9.17, 15) is 112 Å². The lowest BCUT2D eigenvalue weighted by Gasteiger charge is -2.64. The molecule has 4 aliphatic carbocycles. The lowest BCUT2D eigenvalue weighted by atomic mass is 9.41. The summed E-state index contributed by atoms with van der Waals surface area (Å²) in [6.45, 7) is 4.24. The molecule has 0 aromatic rings. The van der Waals surface area contributed by atoms with Crippen molar-refractivity contribution in [3.05, 3.63) is 12.2 Å². The SMILES string of the molecule is C=C1C[C@@]23CC[C@H]4[C@@](C)(CCC[C@@]4(C)C(=O)OC4OC(CO)C(O)C(OC5OC(CO)C(O)C(O)C5O)C4OC4OC(C)C(O)C(OC5OC(CO)C(O)C(O)C5O)C4O)[C@@H]2CC[C@]1(OC1OC(CO)C(O)C(OC2OC(CO)C(O)C(O)C2O)C1OC1OC(CO)C(O)C(O)C1O)C3. The molecule has 11 fully saturated rings. The summed E-state index contributed by atoms with van der Waals surface area (Å²) in [7, 11) is 0. The molecule has 41 atom stereocenters. The molecule has 7 saturated heterocycles. The fourth-order valence-electron chi connectivity index (χ4n) is 17.9. The third-order valence-electron chi connectivity index (χ3n) is 23.4. The van der Waals surface area contributed by atoms with Crippen LogP contribution in [-0.2, 0) is 71.1 Å². The van der Waals surface area contributed by atoms with Gasteiger partial charge in [-0.25, -0.2) is 0 Å². The van der Waals surface area contributed by atoms with Crippen LogP contribution in [0.3, 0.4) is 0 Å². The van der Waals surface area contributed by atoms with E-state index in [1.165, 1.54) is 6.92 Å². The highest BCUT2D eigenvalue weighted by molar-refractivity contribution is 5.77. The average molecular weight is 1440 g/mol. The van der Waals surface area contributed by atoms with Gasteiger partial charge in [-0.05, 0) is 93.5 Å². The predicted molar refractivity (Wildman–Crippen MR) is 316 cm³/mol. The van der Waals surface area contributed by atoms with Crippen molar-refractivity contribution >= 4 is 5.97 Å². The van der Waals surface area contributed by atoms with Crippen LogP contribution in [0.25, 0.3) is 0 Å². The topological polar surface area (TPSA) is 591 Å². The van der Waals surface area contributed by atoms with Gasteiger partial charge in [0.2, 0.25) is 6.29 Å². The summed E-state index contributed by atoms with van der Waals surface area (Å²) in [5, 5.41) is 239. The molecular formula is C62H100O37. The highest BCUT2D eigenvalue weighted by atomic mass is 16.8. The van der Waals surface area contributed by atoms with Crippen LogP contribution < -0.4 is 0 Å². The Hall–Kier alpha value is -2.19. The van der Waals surface area contributed by atoms with Gasteiger partial charge in [0.15, 0.2) is 43.8 Å². The first-order valence-corrected chi connectivity index (χ1v) is 33.8. The van der Waals surface area contributed by atoms with Crippen molar-refractivity contribution in [3.63, 3.8) is 0 Å². The van der Waals surface area contributed by atoms with Crippen LogP contribution in [0.1, 0.15) is 78.6 Å². The van der Waals surface area contributed by atoms with Gasteiger partial charge in [0.25, 0.3) is 0 Å². The third kappa shape index (κ3) is 14.0. The van der Waals surface area contributed by atoms with Crippen LogP contribution in [0.5, 0.6) is 0 Å². The predicted octanol–water partition coefficient (Wildman–Crippen LogP) is -10.6. The minimum absolute atomic E-state index is 0.192. The molecule has 37 heteroatoms. The number of aliphatic hydroxyl groups is 22. The van der Waals surface area contributed by atoms with E-state index in [4.69, 9.17) is 66.3 Å². The Morgan fingerprint density at radius 2 is 0.768 bits per heavy atom. The number of carbonyl (C=O) groups excluding carboxylic acids is 1. The van der Waals surface area contributed by atoms with Gasteiger partial charge in [-0.1, -0.05) is 19.9 Å². The standard InChI is InChI=1S/C62H100O37/c1-20-12-61-10-6-28-59(3,29(61)7-11-62(20,19-61)99-57-50(97-54-44(83)40(79)34(73)25(16-66)90-54)48(36(75)27(18-68)92-57)95-53-43(82)39(78)33(72)24(15-65)89-53)8-5-9-60(28,4)58(85)98-56-49(47(35(74)26(17-67)91-56)94-52-42(81)38(77)32(71)23(14-64)88-52)96-55-45(84)46(30(69)21(2)86-55)93-51-41(80)37(76)31(70)22(13-63)87-51/h21-57,63-84H,1,5-19H2,2-4H3/t21?,22?,23?,24?,25?,26?,27?,28-,29-,30?,31?,32?,33?,34?,35?,36?,37?,38?,39?,40?,41?,42?,43?,44?,45?,46?,47?,48?,49?,50?,51?,52?,53?,54?,55?,56?,57?,59+,60+,61+,62-/m0/s1. The van der Waals surface area contributed by atoms with Crippen molar-refractivity contribution in [1.82, 2.24) is 0 Å². The van der Waals surface area contributed by atoms with Crippen LogP contribution in [-0.4, -0.2) is 378 Å². The summed E-state index contributed by atoms with van der Waals surface area (Å²) in [6.07, 6.45) is -61.9. The highest BCUT2D eigenvalue weighted by Gasteiger charge is 2.70. The second kappa shape index (κ2) is 30.6. The Balaban J connectivity index is 0.867. The Kier molecular flexibility index (Phi) is 24.1. The van der Waals surface area contributed by atoms with Crippen molar-refractivity contribution in [2.24, 2.45) is 28.1 Å². The quantitative estimate of drug-likeness (QED) is 0.0306. The summed E-state index contributed by atoms with van der Waals surface area (Å²) >= 11 is 0. The molecule has 2 bridgehead atoms. The van der Waals surface area contributed by atoms with E-state index >= 15 is 4.79 Å². The molecule has 570 valence electrons. The molecular weight excluding hydrogens is 1340 g/mol. The summed E-state index contributed by atoms with van der Waals surface area (Å²) in [5.74, 6) is -1.55. The number of aliphatic hydroxyl groups excluding tert-OH is 22. The lowest BCUT2D eigenvalue weighted by Crippen LogP contribution is -2.68. The molecule has 7 heterocycles. The van der Waals surface area contributed by atoms with Gasteiger partial charge in [-0.3, -0.25) is 4.79 Å². The molecule has 0 aromatic heterocycles. The van der Waals surface area contributed by atoms with Crippen molar-refractivity contribution < 1.29 is 183 Å². The lowest BCUT2D eigenvalue weighted by molar-refractivity contribution is -0.400. The van der Waals surface area contributed by atoms with Crippen LogP contribution in [0.2, 0.25) is 0 Å². The van der Waals surface area contributed by atoms with Crippen LogP contribution in [0, 0.1) is 28.1 Å². The Morgan fingerprint density at radius 3 is 1.20 bits per heavy atom. The van der Waals surface area contributed by atoms with E-state index < -0.39 is 288 Å². The zero-order valence-corrected chi connectivity index (χ0v) is 54.6. The summed E-state index contributed by atoms with van der Waals surface area (Å²) < 4.78 is 85.3. The number of hydrogen-bond acceptors (Lipinski definition) is 37. The number of ether oxygens (including phenoxy) is 14. The molecule has 4 saturated carbocycles. The van der Waals surface area contributed by atoms with E-state index in [1.807, 2.05) is 0 Å². The fraction of sp³-hybridized carbons (Fsp3) is 0.952. The maximum atomic E-state index is 15.7. The maximum Gasteiger partial charge on any atom is 0.314 e. The van der Waals surface area contributed by atoms with Crippen LogP contribution in [0.4, 0.5) is 0 Å².